The third kappa shape index (κ3) is 7.24. The lowest BCUT2D eigenvalue weighted by Crippen LogP contribution is -2.32. The van der Waals surface area contributed by atoms with Crippen LogP contribution in [0.4, 0.5) is 0 Å². The minimum Gasteiger partial charge on any atom is -0.370 e. The second-order valence-electron chi connectivity index (χ2n) is 23.1. The highest BCUT2D eigenvalue weighted by molar-refractivity contribution is 5.64. The Morgan fingerprint density at radius 3 is 1.00 bits per heavy atom. The van der Waals surface area contributed by atoms with Crippen molar-refractivity contribution in [1.29, 1.82) is 0 Å². The first kappa shape index (κ1) is 40.8. The molecular weight excluding hydrogens is 745 g/mol. The fourth-order valence-corrected chi connectivity index (χ4v) is 18.5. The van der Waals surface area contributed by atoms with E-state index in [1.165, 1.54) is 103 Å². The summed E-state index contributed by atoms with van der Waals surface area (Å²) in [6.45, 7) is 17.1. The average Bonchev–Trinajstić information content (AvgIpc) is 3.95. The van der Waals surface area contributed by atoms with Crippen molar-refractivity contribution in [3.8, 4) is 0 Å². The van der Waals surface area contributed by atoms with Gasteiger partial charge in [-0.05, 0) is 221 Å². The van der Waals surface area contributed by atoms with Crippen LogP contribution in [0.5, 0.6) is 0 Å². The van der Waals surface area contributed by atoms with Crippen LogP contribution in [0.3, 0.4) is 0 Å². The fourth-order valence-electron chi connectivity index (χ4n) is 18.5. The van der Waals surface area contributed by atoms with E-state index < -0.39 is 5.97 Å². The van der Waals surface area contributed by atoms with E-state index in [9.17, 15) is 4.79 Å². The van der Waals surface area contributed by atoms with Crippen molar-refractivity contribution < 1.29 is 29.1 Å². The molecule has 0 spiro atoms. The zero-order valence-electron chi connectivity index (χ0n) is 36.6. The summed E-state index contributed by atoms with van der Waals surface area (Å²) in [4.78, 5) is 12.5. The first-order chi connectivity index (χ1) is 29.3. The van der Waals surface area contributed by atoms with Crippen molar-refractivity contribution in [3.05, 3.63) is 62.8 Å². The van der Waals surface area contributed by atoms with Crippen LogP contribution in [0.1, 0.15) is 110 Å². The molecule has 15 aliphatic rings. The molecule has 3 saturated heterocycles. The largest absolute Gasteiger partial charge is 0.370 e. The number of carbonyl (C=O) groups is 1. The van der Waals surface area contributed by atoms with Crippen molar-refractivity contribution in [2.24, 2.45) is 118 Å². The van der Waals surface area contributed by atoms with Gasteiger partial charge in [-0.25, -0.2) is 4.79 Å². The molecule has 0 aromatic heterocycles. The molecule has 14 fully saturated rings. The molecule has 6 nitrogen and oxygen atoms in total. The van der Waals surface area contributed by atoms with Gasteiger partial charge in [0, 0.05) is 6.92 Å². The minimum absolute atomic E-state index is 0.668. The third-order valence-corrected chi connectivity index (χ3v) is 21.0. The fraction of sp³-hybridized carbons (Fsp3) is 0.796. The summed E-state index contributed by atoms with van der Waals surface area (Å²) in [7, 11) is 0. The zero-order chi connectivity index (χ0) is 41.0. The normalized spacial score (nSPS) is 56.2. The molecule has 6 heteroatoms. The second kappa shape index (κ2) is 16.2. The van der Waals surface area contributed by atoms with E-state index in [1.54, 1.807) is 0 Å². The number of carbonyl (C=O) groups excluding carboxylic acids is 1. The Balaban J connectivity index is 0.0000000875. The van der Waals surface area contributed by atoms with E-state index in [2.05, 4.69) is 67.7 Å². The number of hydrogen-bond donors (Lipinski definition) is 1. The van der Waals surface area contributed by atoms with Crippen LogP contribution in [0.15, 0.2) is 62.8 Å². The number of hydrogen-bond acceptors (Lipinski definition) is 6. The predicted octanol–water partition coefficient (Wildman–Crippen LogP) is 11.3. The van der Waals surface area contributed by atoms with E-state index >= 15 is 0 Å². The number of rotatable bonds is 4. The van der Waals surface area contributed by atoms with Crippen LogP contribution < -0.4 is 0 Å². The Kier molecular flexibility index (Phi) is 11.0. The molecule has 3 aliphatic heterocycles. The molecule has 15 rings (SSSR count). The molecule has 8 bridgehead atoms. The van der Waals surface area contributed by atoms with Crippen LogP contribution in [0.25, 0.3) is 0 Å². The van der Waals surface area contributed by atoms with Gasteiger partial charge in [0.25, 0.3) is 0 Å². The topological polar surface area (TPSA) is 84.1 Å². The van der Waals surface area contributed by atoms with Crippen LogP contribution in [0, 0.1) is 118 Å². The summed E-state index contributed by atoms with van der Waals surface area (Å²) in [6, 6.07) is 0. The van der Waals surface area contributed by atoms with Crippen molar-refractivity contribution in [2.45, 2.75) is 146 Å². The van der Waals surface area contributed by atoms with Gasteiger partial charge in [-0.3, -0.25) is 0 Å². The molecule has 328 valence electrons. The maximum Gasteiger partial charge on any atom is 0.339 e. The van der Waals surface area contributed by atoms with Gasteiger partial charge < -0.3 is 19.1 Å². The van der Waals surface area contributed by atoms with Crippen LogP contribution >= 0.6 is 0 Å². The van der Waals surface area contributed by atoms with Gasteiger partial charge in [-0.2, -0.15) is 5.26 Å². The Morgan fingerprint density at radius 1 is 0.433 bits per heavy atom. The highest BCUT2D eigenvalue weighted by Crippen LogP contribution is 2.65. The summed E-state index contributed by atoms with van der Waals surface area (Å²) in [6.07, 6.45) is 40.5. The zero-order valence-corrected chi connectivity index (χ0v) is 36.6. The van der Waals surface area contributed by atoms with Gasteiger partial charge in [0.15, 0.2) is 0 Å². The predicted molar refractivity (Wildman–Crippen MR) is 234 cm³/mol. The Bertz CT molecular complexity index is 1550. The molecular formula is C54H76O6. The van der Waals surface area contributed by atoms with E-state index in [0.717, 1.165) is 125 Å². The second-order valence-corrected chi connectivity index (χ2v) is 23.1. The van der Waals surface area contributed by atoms with Crippen molar-refractivity contribution in [1.82, 2.24) is 0 Å². The Hall–Kier alpha value is -1.99. The summed E-state index contributed by atoms with van der Waals surface area (Å²) < 4.78 is 17.0. The molecule has 0 aromatic rings. The van der Waals surface area contributed by atoms with Gasteiger partial charge in [0.1, 0.15) is 0 Å². The molecule has 1 N–H and O–H groups in total. The minimum atomic E-state index is -0.690. The Morgan fingerprint density at radius 2 is 0.700 bits per heavy atom. The van der Waals surface area contributed by atoms with E-state index in [-0.39, 0.29) is 0 Å². The van der Waals surface area contributed by atoms with Crippen LogP contribution in [-0.2, 0) is 23.9 Å². The highest BCUT2D eigenvalue weighted by atomic mass is 17.1. The maximum absolute atomic E-state index is 9.34. The molecule has 12 aliphatic carbocycles. The SMILES string of the molecule is C=CC1CC2CC1C1CC3OC3CC21.C=CC1CC2CC1C1CC=CCC21.C=C[C@@H]1C[C@H]2C[C@@H]1C1C[C@@H]3O[C@@H]3CC12.C=C[C@@H]1C[C@H]2C[C@@H]1C1C[C@H]3O[C@H]3CC12.CC(=O)OO. The monoisotopic (exact) mass is 821 g/mol. The van der Waals surface area contributed by atoms with Crippen LogP contribution in [0.2, 0.25) is 0 Å². The van der Waals surface area contributed by atoms with Gasteiger partial charge >= 0.3 is 5.97 Å². The number of epoxide rings is 3. The molecule has 0 aromatic carbocycles. The number of allylic oxidation sites excluding steroid dienone is 6. The first-order valence-electron chi connectivity index (χ1n) is 25.2. The molecule has 26 atom stereocenters. The lowest BCUT2D eigenvalue weighted by molar-refractivity contribution is -0.231. The van der Waals surface area contributed by atoms with Crippen LogP contribution in [-0.4, -0.2) is 47.9 Å². The van der Waals surface area contributed by atoms with E-state index in [0.29, 0.717) is 36.6 Å². The van der Waals surface area contributed by atoms with Crippen molar-refractivity contribution in [2.75, 3.05) is 0 Å². The molecule has 16 unspecified atom stereocenters. The molecule has 0 radical (unpaired) electrons. The van der Waals surface area contributed by atoms with Gasteiger partial charge in [0.05, 0.1) is 36.6 Å². The van der Waals surface area contributed by atoms with Crippen molar-refractivity contribution >= 4 is 5.97 Å². The molecule has 60 heavy (non-hydrogen) atoms. The molecule has 0 amide bonds. The smallest absolute Gasteiger partial charge is 0.339 e. The first-order valence-corrected chi connectivity index (χ1v) is 25.2. The molecule has 11 saturated carbocycles. The van der Waals surface area contributed by atoms with Gasteiger partial charge in [0.2, 0.25) is 0 Å². The molecule has 3 heterocycles. The lowest BCUT2D eigenvalue weighted by atomic mass is 9.67. The van der Waals surface area contributed by atoms with E-state index in [1.807, 2.05) is 0 Å². The quantitative estimate of drug-likeness (QED) is 0.132. The van der Waals surface area contributed by atoms with Gasteiger partial charge in [-0.15, -0.1) is 26.3 Å². The summed E-state index contributed by atoms with van der Waals surface area (Å²) >= 11 is 0. The number of fused-ring (bicyclic) bond motifs is 23. The van der Waals surface area contributed by atoms with Crippen molar-refractivity contribution in [3.63, 3.8) is 0 Å². The van der Waals surface area contributed by atoms with Gasteiger partial charge in [-0.1, -0.05) is 36.5 Å². The average molecular weight is 821 g/mol. The summed E-state index contributed by atoms with van der Waals surface area (Å²) in [5.41, 5.74) is 0. The standard InChI is InChI=1S/3C13H18O.C13H18.C2H4O3/c3*1-2-7-3-8-4-9(7)11-6-13-12(14-13)5-10(8)11;1-2-9-7-10-8-13(9)12-6-4-3-5-11(10)12;1-2(3)5-4/h3*2,7-13H,1,3-6H2;2-4,9-13H,1,5-8H2;4H,1H3/t7-,8+,9+,10?,11?,12+,13-;7-,8+,9+,10?,11?,12-,13+;;;/m11.../s1. The van der Waals surface area contributed by atoms with E-state index in [4.69, 9.17) is 19.5 Å². The Labute approximate surface area is 361 Å². The lowest BCUT2D eigenvalue weighted by Gasteiger charge is -2.36. The summed E-state index contributed by atoms with van der Waals surface area (Å²) in [5.74, 6) is 18.9. The third-order valence-electron chi connectivity index (χ3n) is 21.0. The highest BCUT2D eigenvalue weighted by Gasteiger charge is 2.62. The maximum atomic E-state index is 9.34. The number of ether oxygens (including phenoxy) is 3. The summed E-state index contributed by atoms with van der Waals surface area (Å²) in [5, 5.41) is 7.29.